The molecular weight excluding hydrogens is 406 g/mol. The summed E-state index contributed by atoms with van der Waals surface area (Å²) in [5.41, 5.74) is 5.14. The molecule has 1 nitrogen and oxygen atoms in total. The highest BCUT2D eigenvalue weighted by molar-refractivity contribution is 8.35. The number of benzene rings is 2. The predicted octanol–water partition coefficient (Wildman–Crippen LogP) is 9.54. The highest BCUT2D eigenvalue weighted by Gasteiger charge is 2.36. The van der Waals surface area contributed by atoms with Crippen LogP contribution < -0.4 is 0 Å². The molecule has 0 saturated heterocycles. The molecule has 0 N–H and O–H groups in total. The molecule has 2 aromatic carbocycles. The Kier molecular flexibility index (Phi) is 7.44. The second kappa shape index (κ2) is 9.59. The summed E-state index contributed by atoms with van der Waals surface area (Å²) in [5.74, 6) is 1.00. The number of rotatable bonds is 7. The van der Waals surface area contributed by atoms with Gasteiger partial charge in [-0.15, -0.1) is 0 Å². The smallest absolute Gasteiger partial charge is 0.0780 e. The monoisotopic (exact) mass is 449 g/mol. The molecule has 3 rings (SSSR count). The van der Waals surface area contributed by atoms with Crippen molar-refractivity contribution in [2.75, 3.05) is 0 Å². The van der Waals surface area contributed by atoms with E-state index in [1.165, 1.54) is 27.5 Å². The van der Waals surface area contributed by atoms with Gasteiger partial charge in [0, 0.05) is 17.1 Å². The van der Waals surface area contributed by atoms with Crippen LogP contribution in [0, 0.1) is 0 Å². The minimum atomic E-state index is -0.950. The van der Waals surface area contributed by atoms with E-state index < -0.39 is 10.0 Å². The summed E-state index contributed by atoms with van der Waals surface area (Å²) in [4.78, 5) is 6.42. The molecule has 2 heteroatoms. The average molecular weight is 450 g/mol. The van der Waals surface area contributed by atoms with Crippen molar-refractivity contribution in [2.45, 2.75) is 102 Å². The quantitative estimate of drug-likeness (QED) is 0.350. The lowest BCUT2D eigenvalue weighted by molar-refractivity contribution is 0.834. The molecule has 0 unspecified atom stereocenters. The maximum Gasteiger partial charge on any atom is 0.0780 e. The SMILES string of the molecule is CC(C)c1cc(-c2nccc3cc(S(C(C)C)(C(C)C)C(C)C)ccc23)cc(C(C)C)c1. The summed E-state index contributed by atoms with van der Waals surface area (Å²) in [6.45, 7) is 23.6. The maximum atomic E-state index is 4.88. The summed E-state index contributed by atoms with van der Waals surface area (Å²) in [7, 11) is -0.950. The molecule has 174 valence electrons. The predicted molar refractivity (Wildman–Crippen MR) is 147 cm³/mol. The van der Waals surface area contributed by atoms with E-state index in [0.29, 0.717) is 27.6 Å². The second-order valence-electron chi connectivity index (χ2n) is 10.6. The van der Waals surface area contributed by atoms with Gasteiger partial charge in [-0.2, -0.15) is 0 Å². The lowest BCUT2D eigenvalue weighted by atomic mass is 9.91. The molecule has 0 saturated carbocycles. The lowest BCUT2D eigenvalue weighted by Gasteiger charge is -2.52. The highest BCUT2D eigenvalue weighted by Crippen LogP contribution is 2.66. The normalized spacial score (nSPS) is 13.3. The fraction of sp³-hybridized carbons (Fsp3) is 0.500. The number of nitrogens with zero attached hydrogens (tertiary/aromatic N) is 1. The first kappa shape index (κ1) is 24.8. The number of hydrogen-bond donors (Lipinski definition) is 0. The van der Waals surface area contributed by atoms with Crippen molar-refractivity contribution in [3.8, 4) is 11.3 Å². The van der Waals surface area contributed by atoms with Gasteiger partial charge in [0.1, 0.15) is 0 Å². The second-order valence-corrected chi connectivity index (χ2v) is 15.5. The Labute approximate surface area is 198 Å². The van der Waals surface area contributed by atoms with E-state index in [1.54, 1.807) is 4.90 Å². The zero-order valence-corrected chi connectivity index (χ0v) is 22.7. The van der Waals surface area contributed by atoms with E-state index in [-0.39, 0.29) is 0 Å². The zero-order chi connectivity index (χ0) is 23.8. The van der Waals surface area contributed by atoms with Crippen molar-refractivity contribution in [3.05, 3.63) is 59.8 Å². The van der Waals surface area contributed by atoms with Crippen molar-refractivity contribution in [1.29, 1.82) is 0 Å². The first-order chi connectivity index (χ1) is 15.0. The number of aromatic nitrogens is 1. The molecule has 1 aromatic heterocycles. The number of fused-ring (bicyclic) bond motifs is 1. The third kappa shape index (κ3) is 4.36. The topological polar surface area (TPSA) is 12.9 Å². The van der Waals surface area contributed by atoms with Crippen LogP contribution in [0.2, 0.25) is 0 Å². The van der Waals surface area contributed by atoms with E-state index >= 15 is 0 Å². The highest BCUT2D eigenvalue weighted by atomic mass is 32.3. The van der Waals surface area contributed by atoms with Gasteiger partial charge in [-0.3, -0.25) is 4.98 Å². The maximum absolute atomic E-state index is 4.88. The van der Waals surface area contributed by atoms with Crippen LogP contribution in [-0.4, -0.2) is 20.7 Å². The Bertz CT molecular complexity index is 1030. The molecule has 0 aliphatic rings. The third-order valence-electron chi connectivity index (χ3n) is 7.07. The number of hydrogen-bond acceptors (Lipinski definition) is 1. The van der Waals surface area contributed by atoms with E-state index in [2.05, 4.69) is 112 Å². The molecule has 32 heavy (non-hydrogen) atoms. The van der Waals surface area contributed by atoms with Gasteiger partial charge in [-0.1, -0.05) is 81.4 Å². The summed E-state index contributed by atoms with van der Waals surface area (Å²) >= 11 is 0. The van der Waals surface area contributed by atoms with E-state index in [9.17, 15) is 0 Å². The molecule has 3 aromatic rings. The summed E-state index contributed by atoms with van der Waals surface area (Å²) in [6.07, 6.45) is 2.00. The summed E-state index contributed by atoms with van der Waals surface area (Å²) in [5, 5.41) is 4.52. The van der Waals surface area contributed by atoms with Gasteiger partial charge in [0.15, 0.2) is 0 Å². The molecule has 0 aliphatic carbocycles. The Hall–Kier alpha value is -1.80. The van der Waals surface area contributed by atoms with Crippen molar-refractivity contribution in [2.24, 2.45) is 0 Å². The van der Waals surface area contributed by atoms with Crippen molar-refractivity contribution in [3.63, 3.8) is 0 Å². The van der Waals surface area contributed by atoms with Crippen LogP contribution in [-0.2, 0) is 0 Å². The molecule has 0 fully saturated rings. The first-order valence-corrected chi connectivity index (χ1v) is 14.2. The van der Waals surface area contributed by atoms with Gasteiger partial charge in [0.05, 0.1) is 5.69 Å². The van der Waals surface area contributed by atoms with Crippen LogP contribution in [0.15, 0.2) is 53.6 Å². The minimum absolute atomic E-state index is 0.501. The van der Waals surface area contributed by atoms with Crippen LogP contribution in [0.5, 0.6) is 0 Å². The van der Waals surface area contributed by atoms with Gasteiger partial charge < -0.3 is 0 Å². The zero-order valence-electron chi connectivity index (χ0n) is 21.9. The van der Waals surface area contributed by atoms with Crippen LogP contribution in [0.4, 0.5) is 0 Å². The molecule has 0 amide bonds. The van der Waals surface area contributed by atoms with Crippen molar-refractivity contribution < 1.29 is 0 Å². The van der Waals surface area contributed by atoms with Crippen LogP contribution in [0.25, 0.3) is 22.0 Å². The Morgan fingerprint density at radius 1 is 0.625 bits per heavy atom. The van der Waals surface area contributed by atoms with E-state index in [0.717, 1.165) is 5.69 Å². The molecule has 0 radical (unpaired) electrons. The molecule has 1 heterocycles. The van der Waals surface area contributed by atoms with Gasteiger partial charge in [-0.25, -0.2) is 10.0 Å². The average Bonchev–Trinajstić information content (AvgIpc) is 2.72. The molecule has 0 spiro atoms. The Morgan fingerprint density at radius 3 is 1.62 bits per heavy atom. The molecule has 0 bridgehead atoms. The lowest BCUT2D eigenvalue weighted by Crippen LogP contribution is -2.28. The summed E-state index contributed by atoms with van der Waals surface area (Å²) in [6, 6.07) is 16.5. The summed E-state index contributed by atoms with van der Waals surface area (Å²) < 4.78 is 0. The van der Waals surface area contributed by atoms with Crippen molar-refractivity contribution in [1.82, 2.24) is 4.98 Å². The van der Waals surface area contributed by atoms with Crippen molar-refractivity contribution >= 4 is 20.8 Å². The van der Waals surface area contributed by atoms with Gasteiger partial charge in [-0.05, 0) is 79.3 Å². The first-order valence-electron chi connectivity index (χ1n) is 12.3. The molecule has 0 atom stereocenters. The minimum Gasteiger partial charge on any atom is -0.256 e. The van der Waals surface area contributed by atoms with Gasteiger partial charge in [0.25, 0.3) is 0 Å². The van der Waals surface area contributed by atoms with Gasteiger partial charge in [0.2, 0.25) is 0 Å². The van der Waals surface area contributed by atoms with Crippen LogP contribution in [0.3, 0.4) is 0 Å². The fourth-order valence-electron chi connectivity index (χ4n) is 5.54. The van der Waals surface area contributed by atoms with E-state index in [1.807, 2.05) is 6.20 Å². The molecule has 0 aliphatic heterocycles. The third-order valence-corrected chi connectivity index (χ3v) is 12.8. The fourth-order valence-corrected chi connectivity index (χ4v) is 11.1. The standard InChI is InChI=1S/C30H43NS/c1-19(2)25-15-26(20(3)4)17-27(16-25)30-29-12-11-28(18-24(29)13-14-31-30)32(21(5)6,22(7)8)23(9)10/h11-23H,1-10H3. The van der Waals surface area contributed by atoms with E-state index in [4.69, 9.17) is 4.98 Å². The van der Waals surface area contributed by atoms with Gasteiger partial charge >= 0.3 is 0 Å². The molecular formula is C30H43NS. The van der Waals surface area contributed by atoms with Crippen LogP contribution in [0.1, 0.15) is 92.2 Å². The Morgan fingerprint density at radius 2 is 1.16 bits per heavy atom. The number of pyridine rings is 1. The Balaban J connectivity index is 2.24. The largest absolute Gasteiger partial charge is 0.256 e. The van der Waals surface area contributed by atoms with Crippen LogP contribution >= 0.6 is 10.0 Å².